The Hall–Kier alpha value is -3.38. The standard InChI is InChI=1S/C20H17ClF3N5O3S/c1-11-8-12(2)26-19(25-11)28-27-18(30)16-10-15(6-7-17(16)21)33(31,32)29-14-5-3-4-13(9-14)20(22,23)24/h3-10,29H,1-2H3,(H,27,30)(H,25,26,28). The highest BCUT2D eigenvalue weighted by Gasteiger charge is 2.31. The molecule has 13 heteroatoms. The molecule has 0 unspecified atom stereocenters. The number of carbonyl (C=O) groups excluding carboxylic acids is 1. The highest BCUT2D eigenvalue weighted by atomic mass is 35.5. The van der Waals surface area contributed by atoms with E-state index in [1.807, 2.05) is 0 Å². The number of benzene rings is 2. The monoisotopic (exact) mass is 499 g/mol. The minimum Gasteiger partial charge on any atom is -0.280 e. The van der Waals surface area contributed by atoms with E-state index in [1.165, 1.54) is 12.1 Å². The van der Waals surface area contributed by atoms with Crippen molar-refractivity contribution < 1.29 is 26.4 Å². The second-order valence-electron chi connectivity index (χ2n) is 6.88. The first-order valence-corrected chi connectivity index (χ1v) is 11.1. The summed E-state index contributed by atoms with van der Waals surface area (Å²) in [5, 5.41) is -0.0475. The first-order valence-electron chi connectivity index (χ1n) is 9.23. The van der Waals surface area contributed by atoms with Gasteiger partial charge < -0.3 is 0 Å². The van der Waals surface area contributed by atoms with Gasteiger partial charge in [0.1, 0.15) is 0 Å². The molecule has 0 atom stereocenters. The Morgan fingerprint density at radius 1 is 1.00 bits per heavy atom. The molecule has 1 heterocycles. The van der Waals surface area contributed by atoms with Crippen molar-refractivity contribution in [1.29, 1.82) is 0 Å². The fourth-order valence-electron chi connectivity index (χ4n) is 2.78. The molecule has 3 rings (SSSR count). The van der Waals surface area contributed by atoms with Crippen molar-refractivity contribution in [2.75, 3.05) is 10.1 Å². The van der Waals surface area contributed by atoms with E-state index in [0.29, 0.717) is 17.5 Å². The highest BCUT2D eigenvalue weighted by molar-refractivity contribution is 7.92. The topological polar surface area (TPSA) is 113 Å². The van der Waals surface area contributed by atoms with Crippen molar-refractivity contribution in [3.63, 3.8) is 0 Å². The lowest BCUT2D eigenvalue weighted by Gasteiger charge is -2.13. The zero-order chi connectivity index (χ0) is 24.4. The molecule has 0 fully saturated rings. The van der Waals surface area contributed by atoms with Crippen LogP contribution in [-0.2, 0) is 16.2 Å². The van der Waals surface area contributed by atoms with Gasteiger partial charge in [-0.3, -0.25) is 20.4 Å². The minimum absolute atomic E-state index is 0.0475. The zero-order valence-electron chi connectivity index (χ0n) is 17.2. The summed E-state index contributed by atoms with van der Waals surface area (Å²) >= 11 is 6.04. The molecule has 0 spiro atoms. The van der Waals surface area contributed by atoms with Crippen LogP contribution in [0.2, 0.25) is 5.02 Å². The molecule has 0 saturated heterocycles. The van der Waals surface area contributed by atoms with Gasteiger partial charge in [-0.1, -0.05) is 17.7 Å². The zero-order valence-corrected chi connectivity index (χ0v) is 18.7. The van der Waals surface area contributed by atoms with Gasteiger partial charge in [0, 0.05) is 17.1 Å². The predicted molar refractivity (Wildman–Crippen MR) is 116 cm³/mol. The van der Waals surface area contributed by atoms with Crippen LogP contribution in [0.25, 0.3) is 0 Å². The molecule has 0 bridgehead atoms. The smallest absolute Gasteiger partial charge is 0.280 e. The van der Waals surface area contributed by atoms with E-state index in [9.17, 15) is 26.4 Å². The van der Waals surface area contributed by atoms with Crippen molar-refractivity contribution in [2.45, 2.75) is 24.9 Å². The maximum absolute atomic E-state index is 12.9. The van der Waals surface area contributed by atoms with Gasteiger partial charge >= 0.3 is 6.18 Å². The van der Waals surface area contributed by atoms with Crippen molar-refractivity contribution in [1.82, 2.24) is 15.4 Å². The first-order chi connectivity index (χ1) is 15.3. The van der Waals surface area contributed by atoms with E-state index < -0.39 is 27.7 Å². The maximum atomic E-state index is 12.9. The molecule has 0 radical (unpaired) electrons. The number of amides is 1. The predicted octanol–water partition coefficient (Wildman–Crippen LogP) is 4.32. The number of halogens is 4. The van der Waals surface area contributed by atoms with Crippen LogP contribution in [0.1, 0.15) is 27.3 Å². The van der Waals surface area contributed by atoms with Crippen molar-refractivity contribution in [2.24, 2.45) is 0 Å². The number of hydrogen-bond donors (Lipinski definition) is 3. The molecule has 0 saturated carbocycles. The molecular formula is C20H17ClF3N5O3S. The van der Waals surface area contributed by atoms with Gasteiger partial charge in [-0.2, -0.15) is 13.2 Å². The third kappa shape index (κ3) is 6.11. The van der Waals surface area contributed by atoms with Gasteiger partial charge in [-0.15, -0.1) is 0 Å². The Balaban J connectivity index is 1.81. The van der Waals surface area contributed by atoms with Gasteiger partial charge in [0.15, 0.2) is 0 Å². The number of nitrogens with one attached hydrogen (secondary N) is 3. The highest BCUT2D eigenvalue weighted by Crippen LogP contribution is 2.31. The minimum atomic E-state index is -4.64. The lowest BCUT2D eigenvalue weighted by atomic mass is 10.2. The molecule has 0 aliphatic rings. The van der Waals surface area contributed by atoms with E-state index in [-0.39, 0.29) is 27.1 Å². The van der Waals surface area contributed by atoms with E-state index in [0.717, 1.165) is 24.3 Å². The fraction of sp³-hybridized carbons (Fsp3) is 0.150. The van der Waals surface area contributed by atoms with Crippen LogP contribution in [-0.4, -0.2) is 24.3 Å². The van der Waals surface area contributed by atoms with E-state index in [1.54, 1.807) is 19.9 Å². The first kappa shape index (κ1) is 24.3. The molecule has 8 nitrogen and oxygen atoms in total. The van der Waals surface area contributed by atoms with Crippen LogP contribution in [0.5, 0.6) is 0 Å². The number of anilines is 2. The molecule has 174 valence electrons. The van der Waals surface area contributed by atoms with Crippen molar-refractivity contribution >= 4 is 39.2 Å². The van der Waals surface area contributed by atoms with Crippen LogP contribution in [0.3, 0.4) is 0 Å². The fourth-order valence-corrected chi connectivity index (χ4v) is 4.06. The normalized spacial score (nSPS) is 11.7. The number of rotatable bonds is 6. The van der Waals surface area contributed by atoms with Gasteiger partial charge in [0.2, 0.25) is 5.95 Å². The number of hydrogen-bond acceptors (Lipinski definition) is 6. The number of nitrogens with zero attached hydrogens (tertiary/aromatic N) is 2. The Bertz CT molecular complexity index is 1300. The third-order valence-electron chi connectivity index (χ3n) is 4.20. The van der Waals surface area contributed by atoms with E-state index in [2.05, 4.69) is 25.5 Å². The number of alkyl halides is 3. The average molecular weight is 500 g/mol. The number of hydrazine groups is 1. The second-order valence-corrected chi connectivity index (χ2v) is 8.97. The summed E-state index contributed by atoms with van der Waals surface area (Å²) in [5.74, 6) is -0.661. The Labute approximate surface area is 192 Å². The summed E-state index contributed by atoms with van der Waals surface area (Å²) in [7, 11) is -4.33. The largest absolute Gasteiger partial charge is 0.416 e. The summed E-state index contributed by atoms with van der Waals surface area (Å²) in [6.07, 6.45) is -4.64. The van der Waals surface area contributed by atoms with Crippen LogP contribution in [0.15, 0.2) is 53.4 Å². The molecule has 1 aromatic heterocycles. The SMILES string of the molecule is Cc1cc(C)nc(NNC(=O)c2cc(S(=O)(=O)Nc3cccc(C(F)(F)F)c3)ccc2Cl)n1. The summed E-state index contributed by atoms with van der Waals surface area (Å²) < 4.78 is 66.2. The molecule has 3 aromatic rings. The molecule has 0 aliphatic carbocycles. The number of sulfonamides is 1. The average Bonchev–Trinajstić information content (AvgIpc) is 2.71. The van der Waals surface area contributed by atoms with E-state index in [4.69, 9.17) is 11.6 Å². The van der Waals surface area contributed by atoms with Crippen LogP contribution in [0.4, 0.5) is 24.8 Å². The van der Waals surface area contributed by atoms with E-state index >= 15 is 0 Å². The summed E-state index contributed by atoms with van der Waals surface area (Å²) in [6, 6.07) is 8.75. The lowest BCUT2D eigenvalue weighted by Crippen LogP contribution is -2.31. The second kappa shape index (κ2) is 9.24. The number of aryl methyl sites for hydroxylation is 2. The van der Waals surface area contributed by atoms with Gasteiger partial charge in [-0.25, -0.2) is 18.4 Å². The summed E-state index contributed by atoms with van der Waals surface area (Å²) in [5.41, 5.74) is 4.66. The maximum Gasteiger partial charge on any atom is 0.416 e. The number of aromatic nitrogens is 2. The molecular weight excluding hydrogens is 483 g/mol. The third-order valence-corrected chi connectivity index (χ3v) is 5.91. The van der Waals surface area contributed by atoms with Crippen LogP contribution >= 0.6 is 11.6 Å². The Morgan fingerprint density at radius 3 is 2.30 bits per heavy atom. The van der Waals surface area contributed by atoms with Crippen LogP contribution in [0, 0.1) is 13.8 Å². The molecule has 33 heavy (non-hydrogen) atoms. The quantitative estimate of drug-likeness (QED) is 0.435. The lowest BCUT2D eigenvalue weighted by molar-refractivity contribution is -0.137. The van der Waals surface area contributed by atoms with Gasteiger partial charge in [0.25, 0.3) is 15.9 Å². The summed E-state index contributed by atoms with van der Waals surface area (Å²) in [6.45, 7) is 3.48. The van der Waals surface area contributed by atoms with Crippen LogP contribution < -0.4 is 15.6 Å². The van der Waals surface area contributed by atoms with Crippen molar-refractivity contribution in [3.05, 3.63) is 76.1 Å². The van der Waals surface area contributed by atoms with Crippen molar-refractivity contribution in [3.8, 4) is 0 Å². The number of carbonyl (C=O) groups is 1. The van der Waals surface area contributed by atoms with Gasteiger partial charge in [0.05, 0.1) is 21.0 Å². The molecule has 0 aliphatic heterocycles. The Morgan fingerprint density at radius 2 is 1.67 bits per heavy atom. The Kier molecular flexibility index (Phi) is 6.79. The molecule has 3 N–H and O–H groups in total. The van der Waals surface area contributed by atoms with Gasteiger partial charge in [-0.05, 0) is 56.3 Å². The molecule has 1 amide bonds. The summed E-state index contributed by atoms with van der Waals surface area (Å²) in [4.78, 5) is 20.4. The molecule has 2 aromatic carbocycles.